The van der Waals surface area contributed by atoms with Crippen molar-refractivity contribution in [1.29, 1.82) is 0 Å². The number of carbonyl (C=O) groups excluding carboxylic acids is 2. The van der Waals surface area contributed by atoms with Gasteiger partial charge in [-0.2, -0.15) is 0 Å². The van der Waals surface area contributed by atoms with E-state index in [0.29, 0.717) is 37.0 Å². The Balaban J connectivity index is 1.28. The van der Waals surface area contributed by atoms with Crippen LogP contribution in [0.25, 0.3) is 0 Å². The van der Waals surface area contributed by atoms with Crippen LogP contribution in [0.15, 0.2) is 24.3 Å². The van der Waals surface area contributed by atoms with Crippen LogP contribution in [0.3, 0.4) is 0 Å². The topological polar surface area (TPSA) is 94.6 Å². The predicted molar refractivity (Wildman–Crippen MR) is 128 cm³/mol. The van der Waals surface area contributed by atoms with Crippen LogP contribution in [0.1, 0.15) is 32.6 Å². The zero-order chi connectivity index (χ0) is 24.3. The highest BCUT2D eigenvalue weighted by Gasteiger charge is 2.51. The van der Waals surface area contributed by atoms with E-state index in [2.05, 4.69) is 10.2 Å². The summed E-state index contributed by atoms with van der Waals surface area (Å²) in [5.74, 6) is -0.0977. The zero-order valence-electron chi connectivity index (χ0n) is 19.9. The van der Waals surface area contributed by atoms with Gasteiger partial charge in [0.2, 0.25) is 5.91 Å². The summed E-state index contributed by atoms with van der Waals surface area (Å²) in [7, 11) is 1.64. The Labute approximate surface area is 205 Å². The SMILES string of the molecule is COC[C@H](CCN1CCC2(CC2)[C@H](O)C1)N1CCN(OC(=O)Nc2cccc(Cl)c2)[C@@H](C)C1=O. The van der Waals surface area contributed by atoms with Gasteiger partial charge in [-0.25, -0.2) is 4.79 Å². The van der Waals surface area contributed by atoms with E-state index in [4.69, 9.17) is 21.2 Å². The van der Waals surface area contributed by atoms with Gasteiger partial charge in [0.25, 0.3) is 0 Å². The van der Waals surface area contributed by atoms with Crippen LogP contribution in [0.4, 0.5) is 10.5 Å². The maximum absolute atomic E-state index is 13.2. The Morgan fingerprint density at radius 3 is 2.76 bits per heavy atom. The van der Waals surface area contributed by atoms with Crippen molar-refractivity contribution in [2.75, 3.05) is 51.8 Å². The summed E-state index contributed by atoms with van der Waals surface area (Å²) in [6, 6.07) is 6.09. The number of rotatable bonds is 8. The highest BCUT2D eigenvalue weighted by Crippen LogP contribution is 2.53. The van der Waals surface area contributed by atoms with Crippen LogP contribution in [-0.4, -0.2) is 96.6 Å². The zero-order valence-corrected chi connectivity index (χ0v) is 20.7. The van der Waals surface area contributed by atoms with Crippen molar-refractivity contribution >= 4 is 29.3 Å². The largest absolute Gasteiger partial charge is 0.430 e. The number of hydroxylamine groups is 2. The molecule has 3 fully saturated rings. The van der Waals surface area contributed by atoms with Crippen molar-refractivity contribution < 1.29 is 24.3 Å². The Morgan fingerprint density at radius 2 is 2.09 bits per heavy atom. The molecule has 1 spiro atoms. The summed E-state index contributed by atoms with van der Waals surface area (Å²) >= 11 is 5.95. The first kappa shape index (κ1) is 25.2. The number of β-amino-alcohol motifs (C(OH)–C–C–N with tert-alkyl or cyclic N) is 1. The van der Waals surface area contributed by atoms with E-state index < -0.39 is 12.1 Å². The van der Waals surface area contributed by atoms with Crippen LogP contribution < -0.4 is 5.32 Å². The number of methoxy groups -OCH3 is 1. The van der Waals surface area contributed by atoms with E-state index >= 15 is 0 Å². The quantitative estimate of drug-likeness (QED) is 0.573. The number of aliphatic hydroxyl groups is 1. The maximum Gasteiger partial charge on any atom is 0.430 e. The number of benzene rings is 1. The number of nitrogens with zero attached hydrogens (tertiary/aromatic N) is 3. The number of piperazine rings is 1. The van der Waals surface area contributed by atoms with Gasteiger partial charge in [-0.3, -0.25) is 10.1 Å². The summed E-state index contributed by atoms with van der Waals surface area (Å²) in [5.41, 5.74) is 0.703. The number of nitrogens with one attached hydrogen (secondary N) is 1. The fourth-order valence-electron chi connectivity index (χ4n) is 5.05. The molecular weight excluding hydrogens is 460 g/mol. The van der Waals surface area contributed by atoms with Gasteiger partial charge in [0.1, 0.15) is 6.04 Å². The summed E-state index contributed by atoms with van der Waals surface area (Å²) in [4.78, 5) is 35.1. The molecule has 2 N–H and O–H groups in total. The molecule has 4 rings (SSSR count). The van der Waals surface area contributed by atoms with Crippen LogP contribution in [0.2, 0.25) is 5.02 Å². The predicted octanol–water partition coefficient (Wildman–Crippen LogP) is 2.59. The molecule has 1 aromatic carbocycles. The van der Waals surface area contributed by atoms with Gasteiger partial charge in [0.05, 0.1) is 25.3 Å². The molecule has 34 heavy (non-hydrogen) atoms. The second-order valence-electron chi connectivity index (χ2n) is 9.69. The van der Waals surface area contributed by atoms with E-state index in [0.717, 1.165) is 38.8 Å². The minimum atomic E-state index is -0.666. The third kappa shape index (κ3) is 5.83. The van der Waals surface area contributed by atoms with Crippen molar-refractivity contribution in [2.45, 2.75) is 50.8 Å². The van der Waals surface area contributed by atoms with Crippen LogP contribution in [0.5, 0.6) is 0 Å². The number of carbonyl (C=O) groups is 2. The lowest BCUT2D eigenvalue weighted by Crippen LogP contribution is -2.60. The molecule has 2 saturated heterocycles. The second kappa shape index (κ2) is 10.8. The first-order valence-corrected chi connectivity index (χ1v) is 12.4. The van der Waals surface area contributed by atoms with Gasteiger partial charge >= 0.3 is 6.09 Å². The lowest BCUT2D eigenvalue weighted by molar-refractivity contribution is -0.179. The highest BCUT2D eigenvalue weighted by molar-refractivity contribution is 6.30. The highest BCUT2D eigenvalue weighted by atomic mass is 35.5. The Kier molecular flexibility index (Phi) is 7.99. The minimum Gasteiger partial charge on any atom is -0.391 e. The number of anilines is 1. The molecule has 0 aromatic heterocycles. The molecule has 1 aliphatic carbocycles. The Hall–Kier alpha value is -1.91. The number of hydrogen-bond donors (Lipinski definition) is 2. The number of likely N-dealkylation sites (tertiary alicyclic amines) is 1. The van der Waals surface area contributed by atoms with Gasteiger partial charge in [0, 0.05) is 37.5 Å². The lowest BCUT2D eigenvalue weighted by atomic mass is 9.90. The molecule has 9 nitrogen and oxygen atoms in total. The molecule has 1 aromatic rings. The molecule has 1 saturated carbocycles. The van der Waals surface area contributed by atoms with E-state index in [1.807, 2.05) is 4.90 Å². The molecule has 2 aliphatic heterocycles. The first-order chi connectivity index (χ1) is 16.3. The third-order valence-electron chi connectivity index (χ3n) is 7.44. The average molecular weight is 495 g/mol. The lowest BCUT2D eigenvalue weighted by Gasteiger charge is -2.42. The van der Waals surface area contributed by atoms with Crippen LogP contribution >= 0.6 is 11.6 Å². The standard InChI is InChI=1S/C24H35ClN4O5/c1-17-22(31)28(12-13-29(17)34-23(32)26-19-5-3-4-18(25)14-19)20(16-33-2)6-10-27-11-9-24(7-8-24)21(30)15-27/h3-5,14,17,20-21,30H,6-13,15-16H2,1-2H3,(H,26,32)/t17-,20-,21+/m0/s1. The number of amides is 2. The van der Waals surface area contributed by atoms with Crippen LogP contribution in [-0.2, 0) is 14.4 Å². The van der Waals surface area contributed by atoms with Gasteiger partial charge in [-0.15, -0.1) is 5.06 Å². The van der Waals surface area contributed by atoms with Crippen molar-refractivity contribution in [3.8, 4) is 0 Å². The molecule has 0 bridgehead atoms. The number of hydrogen-bond acceptors (Lipinski definition) is 7. The molecule has 2 amide bonds. The van der Waals surface area contributed by atoms with Gasteiger partial charge < -0.3 is 24.5 Å². The molecular formula is C24H35ClN4O5. The number of ether oxygens (including phenoxy) is 1. The van der Waals surface area contributed by atoms with E-state index in [1.165, 1.54) is 5.06 Å². The molecule has 3 aliphatic rings. The number of halogens is 1. The molecule has 2 heterocycles. The van der Waals surface area contributed by atoms with Crippen molar-refractivity contribution in [2.24, 2.45) is 5.41 Å². The monoisotopic (exact) mass is 494 g/mol. The summed E-state index contributed by atoms with van der Waals surface area (Å²) in [6.45, 7) is 5.52. The smallest absolute Gasteiger partial charge is 0.391 e. The first-order valence-electron chi connectivity index (χ1n) is 12.0. The van der Waals surface area contributed by atoms with Gasteiger partial charge in [-0.05, 0) is 62.8 Å². The van der Waals surface area contributed by atoms with E-state index in [-0.39, 0.29) is 23.5 Å². The second-order valence-corrected chi connectivity index (χ2v) is 10.1. The van der Waals surface area contributed by atoms with Gasteiger partial charge in [-0.1, -0.05) is 17.7 Å². The normalized spacial score (nSPS) is 25.9. The minimum absolute atomic E-state index is 0.0728. The molecule has 0 unspecified atom stereocenters. The summed E-state index contributed by atoms with van der Waals surface area (Å²) in [5, 5.41) is 15.0. The fraction of sp³-hybridized carbons (Fsp3) is 0.667. The van der Waals surface area contributed by atoms with E-state index in [1.54, 1.807) is 38.3 Å². The number of aliphatic hydroxyl groups excluding tert-OH is 1. The Morgan fingerprint density at radius 1 is 1.29 bits per heavy atom. The third-order valence-corrected chi connectivity index (χ3v) is 7.67. The molecule has 0 radical (unpaired) electrons. The van der Waals surface area contributed by atoms with E-state index in [9.17, 15) is 14.7 Å². The fourth-order valence-corrected chi connectivity index (χ4v) is 5.24. The summed E-state index contributed by atoms with van der Waals surface area (Å²) < 4.78 is 5.43. The van der Waals surface area contributed by atoms with Crippen molar-refractivity contribution in [3.63, 3.8) is 0 Å². The van der Waals surface area contributed by atoms with Gasteiger partial charge in [0.15, 0.2) is 0 Å². The summed E-state index contributed by atoms with van der Waals surface area (Å²) in [6.07, 6.45) is 3.19. The molecule has 3 atom stereocenters. The maximum atomic E-state index is 13.2. The average Bonchev–Trinajstić information content (AvgIpc) is 3.58. The molecule has 188 valence electrons. The number of piperidine rings is 1. The molecule has 10 heteroatoms. The van der Waals surface area contributed by atoms with Crippen LogP contribution in [0, 0.1) is 5.41 Å². The van der Waals surface area contributed by atoms with Crippen molar-refractivity contribution in [1.82, 2.24) is 14.9 Å². The Bertz CT molecular complexity index is 883. The van der Waals surface area contributed by atoms with Crippen molar-refractivity contribution in [3.05, 3.63) is 29.3 Å².